The number of aryl methyl sites for hydroxylation is 1. The summed E-state index contributed by atoms with van der Waals surface area (Å²) in [5.41, 5.74) is 0.552. The van der Waals surface area contributed by atoms with Crippen LogP contribution in [0.2, 0.25) is 0 Å². The minimum atomic E-state index is -4.58. The molecule has 0 atom stereocenters. The molecular formula is C11H16ClF3N2O2S. The largest absolute Gasteiger partial charge is 0.402 e. The number of aromatic nitrogens is 1. The molecule has 0 aliphatic carbocycles. The summed E-state index contributed by atoms with van der Waals surface area (Å²) >= 11 is 5.68. The second kappa shape index (κ2) is 6.36. The zero-order chi connectivity index (χ0) is 15.6. The highest BCUT2D eigenvalue weighted by molar-refractivity contribution is 7.89. The molecule has 0 bridgehead atoms. The van der Waals surface area contributed by atoms with E-state index >= 15 is 0 Å². The highest BCUT2D eigenvalue weighted by Gasteiger charge is 2.36. The molecule has 0 N–H and O–H groups in total. The Morgan fingerprint density at radius 1 is 1.35 bits per heavy atom. The van der Waals surface area contributed by atoms with E-state index in [1.54, 1.807) is 11.5 Å². The van der Waals surface area contributed by atoms with Crippen LogP contribution in [0.4, 0.5) is 13.2 Å². The maximum atomic E-state index is 12.4. The van der Waals surface area contributed by atoms with Crippen molar-refractivity contribution in [2.45, 2.75) is 37.3 Å². The number of sulfonamides is 1. The normalized spacial score (nSPS) is 13.2. The summed E-state index contributed by atoms with van der Waals surface area (Å²) < 4.78 is 63.7. The van der Waals surface area contributed by atoms with Gasteiger partial charge in [0.15, 0.2) is 0 Å². The average molecular weight is 333 g/mol. The van der Waals surface area contributed by atoms with Gasteiger partial charge in [0.2, 0.25) is 10.0 Å². The zero-order valence-corrected chi connectivity index (χ0v) is 12.7. The first-order valence-electron chi connectivity index (χ1n) is 5.97. The molecule has 9 heteroatoms. The predicted molar refractivity (Wildman–Crippen MR) is 70.2 cm³/mol. The molecule has 0 saturated carbocycles. The van der Waals surface area contributed by atoms with E-state index in [-0.39, 0.29) is 17.3 Å². The van der Waals surface area contributed by atoms with E-state index in [0.717, 1.165) is 0 Å². The summed E-state index contributed by atoms with van der Waals surface area (Å²) in [6.45, 7) is 1.89. The average Bonchev–Trinajstić information content (AvgIpc) is 2.78. The standard InChI is InChI=1S/C11H16ClF3N2O2S/c1-3-16-7-10(5-9(16)6-12)20(18,19)17(4-2)8-11(13,14)15/h5,7H,3-4,6,8H2,1-2H3. The SMILES string of the molecule is CCN(CC(F)(F)F)S(=O)(=O)c1cc(CCl)n(CC)c1. The Hall–Kier alpha value is -0.730. The number of hydrogen-bond donors (Lipinski definition) is 0. The molecule has 20 heavy (non-hydrogen) atoms. The van der Waals surface area contributed by atoms with Crippen LogP contribution in [0, 0.1) is 0 Å². The van der Waals surface area contributed by atoms with Crippen LogP contribution in [0.3, 0.4) is 0 Å². The fourth-order valence-electron chi connectivity index (χ4n) is 1.79. The van der Waals surface area contributed by atoms with Gasteiger partial charge >= 0.3 is 6.18 Å². The molecule has 0 unspecified atom stereocenters. The van der Waals surface area contributed by atoms with Gasteiger partial charge in [0.25, 0.3) is 0 Å². The lowest BCUT2D eigenvalue weighted by Crippen LogP contribution is -2.38. The van der Waals surface area contributed by atoms with Gasteiger partial charge in [-0.05, 0) is 13.0 Å². The Morgan fingerprint density at radius 2 is 1.95 bits per heavy atom. The molecule has 0 aromatic carbocycles. The number of hydrogen-bond acceptors (Lipinski definition) is 2. The van der Waals surface area contributed by atoms with Crippen LogP contribution < -0.4 is 0 Å². The van der Waals surface area contributed by atoms with E-state index in [1.165, 1.54) is 19.2 Å². The second-order valence-electron chi connectivity index (χ2n) is 4.13. The summed E-state index contributed by atoms with van der Waals surface area (Å²) in [5, 5.41) is 0. The van der Waals surface area contributed by atoms with Gasteiger partial charge in [-0.2, -0.15) is 17.5 Å². The molecule has 1 aromatic rings. The zero-order valence-electron chi connectivity index (χ0n) is 11.1. The highest BCUT2D eigenvalue weighted by Crippen LogP contribution is 2.24. The number of nitrogens with zero attached hydrogens (tertiary/aromatic N) is 2. The lowest BCUT2D eigenvalue weighted by Gasteiger charge is -2.21. The molecule has 4 nitrogen and oxygen atoms in total. The van der Waals surface area contributed by atoms with Gasteiger partial charge in [-0.3, -0.25) is 0 Å². The smallest absolute Gasteiger partial charge is 0.349 e. The van der Waals surface area contributed by atoms with Gasteiger partial charge in [-0.1, -0.05) is 6.92 Å². The molecule has 0 fully saturated rings. The molecule has 0 saturated heterocycles. The van der Waals surface area contributed by atoms with Gasteiger partial charge in [0, 0.05) is 25.0 Å². The minimum absolute atomic E-state index is 0.0920. The number of alkyl halides is 4. The third-order valence-corrected chi connectivity index (χ3v) is 4.94. The van der Waals surface area contributed by atoms with Crippen molar-refractivity contribution in [3.63, 3.8) is 0 Å². The van der Waals surface area contributed by atoms with Crippen LogP contribution in [0.15, 0.2) is 17.2 Å². The van der Waals surface area contributed by atoms with Crippen molar-refractivity contribution in [3.05, 3.63) is 18.0 Å². The van der Waals surface area contributed by atoms with Crippen molar-refractivity contribution in [1.29, 1.82) is 0 Å². The van der Waals surface area contributed by atoms with E-state index in [1.807, 2.05) is 0 Å². The van der Waals surface area contributed by atoms with Crippen molar-refractivity contribution < 1.29 is 21.6 Å². The Balaban J connectivity index is 3.17. The maximum Gasteiger partial charge on any atom is 0.402 e. The van der Waals surface area contributed by atoms with Gasteiger partial charge in [0.1, 0.15) is 11.4 Å². The van der Waals surface area contributed by atoms with E-state index in [2.05, 4.69) is 0 Å². The van der Waals surface area contributed by atoms with Crippen LogP contribution in [0.25, 0.3) is 0 Å². The van der Waals surface area contributed by atoms with Gasteiger partial charge in [-0.25, -0.2) is 8.42 Å². The number of halogens is 4. The molecule has 0 spiro atoms. The molecule has 0 radical (unpaired) electrons. The fraction of sp³-hybridized carbons (Fsp3) is 0.636. The summed E-state index contributed by atoms with van der Waals surface area (Å²) in [5.74, 6) is 0.0920. The van der Waals surface area contributed by atoms with Crippen LogP contribution in [0.5, 0.6) is 0 Å². The van der Waals surface area contributed by atoms with Gasteiger partial charge < -0.3 is 4.57 Å². The fourth-order valence-corrected chi connectivity index (χ4v) is 3.52. The summed E-state index contributed by atoms with van der Waals surface area (Å²) in [4.78, 5) is -0.166. The van der Waals surface area contributed by atoms with E-state index < -0.39 is 22.7 Å². The molecule has 0 aliphatic rings. The number of rotatable bonds is 6. The highest BCUT2D eigenvalue weighted by atomic mass is 35.5. The molecule has 0 aliphatic heterocycles. The van der Waals surface area contributed by atoms with E-state index in [0.29, 0.717) is 16.5 Å². The maximum absolute atomic E-state index is 12.4. The Kier molecular flexibility index (Phi) is 5.51. The van der Waals surface area contributed by atoms with E-state index in [4.69, 9.17) is 11.6 Å². The lowest BCUT2D eigenvalue weighted by atomic mass is 10.5. The predicted octanol–water partition coefficient (Wildman–Crippen LogP) is 2.82. The van der Waals surface area contributed by atoms with Crippen molar-refractivity contribution in [1.82, 2.24) is 8.87 Å². The van der Waals surface area contributed by atoms with Crippen molar-refractivity contribution in [3.8, 4) is 0 Å². The Bertz CT molecular complexity index is 533. The lowest BCUT2D eigenvalue weighted by molar-refractivity contribution is -0.135. The Labute approximate surface area is 121 Å². The molecule has 1 rings (SSSR count). The first-order chi connectivity index (χ1) is 9.15. The van der Waals surface area contributed by atoms with Crippen LogP contribution >= 0.6 is 11.6 Å². The molecular weight excluding hydrogens is 317 g/mol. The summed E-state index contributed by atoms with van der Waals surface area (Å²) in [6.07, 6.45) is -3.27. The third-order valence-electron chi connectivity index (χ3n) is 2.78. The monoisotopic (exact) mass is 332 g/mol. The van der Waals surface area contributed by atoms with Crippen LogP contribution in [-0.4, -0.2) is 36.6 Å². The van der Waals surface area contributed by atoms with Crippen molar-refractivity contribution in [2.75, 3.05) is 13.1 Å². The minimum Gasteiger partial charge on any atom is -0.349 e. The summed E-state index contributed by atoms with van der Waals surface area (Å²) in [6, 6.07) is 1.31. The molecule has 1 heterocycles. The van der Waals surface area contributed by atoms with Crippen LogP contribution in [-0.2, 0) is 22.4 Å². The van der Waals surface area contributed by atoms with Crippen molar-refractivity contribution in [2.24, 2.45) is 0 Å². The van der Waals surface area contributed by atoms with Gasteiger partial charge in [0.05, 0.1) is 5.88 Å². The Morgan fingerprint density at radius 3 is 2.30 bits per heavy atom. The first kappa shape index (κ1) is 17.3. The summed E-state index contributed by atoms with van der Waals surface area (Å²) in [7, 11) is -4.17. The van der Waals surface area contributed by atoms with E-state index in [9.17, 15) is 21.6 Å². The first-order valence-corrected chi connectivity index (χ1v) is 7.95. The van der Waals surface area contributed by atoms with Crippen molar-refractivity contribution >= 4 is 21.6 Å². The second-order valence-corrected chi connectivity index (χ2v) is 6.34. The van der Waals surface area contributed by atoms with Crippen LogP contribution in [0.1, 0.15) is 19.5 Å². The van der Waals surface area contributed by atoms with Gasteiger partial charge in [-0.15, -0.1) is 11.6 Å². The quantitative estimate of drug-likeness (QED) is 0.752. The third kappa shape index (κ3) is 3.89. The molecule has 0 amide bonds. The molecule has 116 valence electrons. The molecule has 1 aromatic heterocycles. The topological polar surface area (TPSA) is 42.3 Å².